The van der Waals surface area contributed by atoms with Gasteiger partial charge < -0.3 is 0 Å². The van der Waals surface area contributed by atoms with E-state index in [-0.39, 0.29) is 0 Å². The van der Waals surface area contributed by atoms with Crippen LogP contribution in [0.25, 0.3) is 0 Å². The first-order valence-electron chi connectivity index (χ1n) is 22.9. The second kappa shape index (κ2) is 45.0. The Hall–Kier alpha value is -1.04. The van der Waals surface area contributed by atoms with E-state index in [0.717, 1.165) is 0 Å². The molecule has 0 heterocycles. The van der Waals surface area contributed by atoms with Crippen molar-refractivity contribution < 1.29 is 0 Å². The van der Waals surface area contributed by atoms with E-state index in [2.05, 4.69) is 63.3 Å². The zero-order chi connectivity index (χ0) is 35.4. The highest BCUT2D eigenvalue weighted by atomic mass is 14.0. The summed E-state index contributed by atoms with van der Waals surface area (Å²) in [6, 6.07) is 0. The van der Waals surface area contributed by atoms with Crippen LogP contribution in [0, 0.1) is 0 Å². The molecular weight excluding hydrogens is 589 g/mol. The van der Waals surface area contributed by atoms with E-state index < -0.39 is 0 Å². The van der Waals surface area contributed by atoms with Gasteiger partial charge in [-0.3, -0.25) is 0 Å². The van der Waals surface area contributed by atoms with E-state index in [1.54, 1.807) is 0 Å². The van der Waals surface area contributed by atoms with Crippen molar-refractivity contribution in [1.82, 2.24) is 0 Å². The molecule has 0 saturated carbocycles. The molecule has 0 spiro atoms. The molecule has 0 amide bonds. The van der Waals surface area contributed by atoms with E-state index in [1.165, 1.54) is 250 Å². The van der Waals surface area contributed by atoms with Gasteiger partial charge in [-0.2, -0.15) is 0 Å². The van der Waals surface area contributed by atoms with E-state index in [1.807, 2.05) is 0 Å². The van der Waals surface area contributed by atoms with Crippen LogP contribution >= 0.6 is 0 Å². The molecule has 0 aromatic carbocycles. The molecule has 0 aliphatic carbocycles. The smallest absolute Gasteiger partial charge is 0.0348 e. The third-order valence-electron chi connectivity index (χ3n) is 10.5. The van der Waals surface area contributed by atoms with Crippen LogP contribution in [-0.2, 0) is 0 Å². The Labute approximate surface area is 311 Å². The van der Waals surface area contributed by atoms with Crippen molar-refractivity contribution >= 4 is 0 Å². The van der Waals surface area contributed by atoms with Gasteiger partial charge >= 0.3 is 0 Å². The lowest BCUT2D eigenvalue weighted by molar-refractivity contribution is 0.510. The van der Waals surface area contributed by atoms with Crippen molar-refractivity contribution in [1.29, 1.82) is 0 Å². The highest BCUT2D eigenvalue weighted by Gasteiger charge is 1.98. The molecule has 0 unspecified atom stereocenters. The van der Waals surface area contributed by atoms with Crippen LogP contribution in [0.1, 0.15) is 265 Å². The number of allylic oxidation sites excluding steroid dienone is 8. The lowest BCUT2D eigenvalue weighted by Crippen LogP contribution is -1.85. The molecule has 0 aliphatic heterocycles. The summed E-state index contributed by atoms with van der Waals surface area (Å²) in [5, 5.41) is 0. The average molecular weight is 681 g/mol. The molecule has 0 aromatic heterocycles. The van der Waals surface area contributed by atoms with Crippen molar-refractivity contribution in [3.63, 3.8) is 0 Å². The van der Waals surface area contributed by atoms with Gasteiger partial charge in [0, 0.05) is 0 Å². The predicted molar refractivity (Wildman–Crippen MR) is 228 cm³/mol. The maximum absolute atomic E-state index is 2.32. The van der Waals surface area contributed by atoms with E-state index in [0.29, 0.717) is 0 Å². The highest BCUT2D eigenvalue weighted by molar-refractivity contribution is 5.17. The van der Waals surface area contributed by atoms with Crippen LogP contribution in [-0.4, -0.2) is 0 Å². The molecule has 0 aromatic rings. The minimum atomic E-state index is 1.22. The van der Waals surface area contributed by atoms with Crippen molar-refractivity contribution in [3.8, 4) is 0 Å². The Balaban J connectivity index is 3.11. The van der Waals surface area contributed by atoms with E-state index in [4.69, 9.17) is 0 Å². The Morgan fingerprint density at radius 3 is 0.755 bits per heavy atom. The minimum absolute atomic E-state index is 1.22. The summed E-state index contributed by atoms with van der Waals surface area (Å²) in [5.41, 5.74) is 1.34. The minimum Gasteiger partial charge on any atom is -0.0845 e. The molecule has 0 bridgehead atoms. The third-order valence-corrected chi connectivity index (χ3v) is 10.5. The third kappa shape index (κ3) is 47.0. The molecule has 0 rings (SSSR count). The summed E-state index contributed by atoms with van der Waals surface area (Å²) < 4.78 is 0. The van der Waals surface area contributed by atoms with Gasteiger partial charge in [-0.25, -0.2) is 0 Å². The Morgan fingerprint density at radius 2 is 0.490 bits per heavy atom. The van der Waals surface area contributed by atoms with Crippen molar-refractivity contribution in [3.05, 3.63) is 48.1 Å². The first kappa shape index (κ1) is 48.0. The summed E-state index contributed by atoms with van der Waals surface area (Å²) in [6.07, 6.45) is 70.8. The summed E-state index contributed by atoms with van der Waals surface area (Å²) in [4.78, 5) is 0. The molecule has 49 heavy (non-hydrogen) atoms. The summed E-state index contributed by atoms with van der Waals surface area (Å²) >= 11 is 0. The maximum atomic E-state index is 2.32. The first-order valence-corrected chi connectivity index (χ1v) is 22.9. The second-order valence-corrected chi connectivity index (χ2v) is 16.0. The summed E-state index contributed by atoms with van der Waals surface area (Å²) in [7, 11) is 0. The summed E-state index contributed by atoms with van der Waals surface area (Å²) in [6.45, 7) is 6.56. The largest absolute Gasteiger partial charge is 0.0845 e. The molecule has 288 valence electrons. The van der Waals surface area contributed by atoms with Crippen molar-refractivity contribution in [2.45, 2.75) is 265 Å². The molecule has 0 nitrogen and oxygen atoms in total. The number of rotatable bonds is 41. The Morgan fingerprint density at radius 1 is 0.265 bits per heavy atom. The van der Waals surface area contributed by atoms with Crippen LogP contribution in [0.4, 0.5) is 0 Å². The standard InChI is InChI=1S/C49H92/c1-4-5-6-7-8-9-10-11-12-13-14-15-16-17-18-19-20-21-22-23-24-25-26-27-28-29-30-31-32-33-34-35-36-37-38-39-40-41-42-43-44-45-46-47-48-49(2)3/h42-48H,4-41H2,1-3H3. The van der Waals surface area contributed by atoms with Crippen LogP contribution in [0.3, 0.4) is 0 Å². The fraction of sp³-hybridized carbons (Fsp3) is 0.837. The van der Waals surface area contributed by atoms with Crippen LogP contribution < -0.4 is 0 Å². The Kier molecular flexibility index (Phi) is 44.0. The van der Waals surface area contributed by atoms with E-state index >= 15 is 0 Å². The van der Waals surface area contributed by atoms with Gasteiger partial charge in [-0.15, -0.1) is 0 Å². The number of unbranched alkanes of at least 4 members (excludes halogenated alkanes) is 37. The SMILES string of the molecule is CCCCCCCCCCCCCCCCCCCCCCCCCCCCCCCCCCCCCCCC=CC=CC=CC=C(C)C. The molecule has 0 radical (unpaired) electrons. The van der Waals surface area contributed by atoms with E-state index in [9.17, 15) is 0 Å². The predicted octanol–water partition coefficient (Wildman–Crippen LogP) is 18.5. The van der Waals surface area contributed by atoms with Gasteiger partial charge in [0.05, 0.1) is 0 Å². The van der Waals surface area contributed by atoms with Crippen LogP contribution in [0.5, 0.6) is 0 Å². The lowest BCUT2D eigenvalue weighted by Gasteiger charge is -2.05. The molecule has 0 aliphatic rings. The zero-order valence-electron chi connectivity index (χ0n) is 34.4. The molecule has 0 fully saturated rings. The van der Waals surface area contributed by atoms with Gasteiger partial charge in [-0.1, -0.05) is 286 Å². The molecule has 0 N–H and O–H groups in total. The second-order valence-electron chi connectivity index (χ2n) is 16.0. The van der Waals surface area contributed by atoms with Crippen LogP contribution in [0.2, 0.25) is 0 Å². The van der Waals surface area contributed by atoms with Crippen LogP contribution in [0.15, 0.2) is 48.1 Å². The number of hydrogen-bond donors (Lipinski definition) is 0. The average Bonchev–Trinajstić information content (AvgIpc) is 3.10. The van der Waals surface area contributed by atoms with Gasteiger partial charge in [-0.05, 0) is 26.7 Å². The first-order chi connectivity index (χ1) is 24.3. The molecular formula is C49H92. The quantitative estimate of drug-likeness (QED) is 0.0445. The lowest BCUT2D eigenvalue weighted by atomic mass is 10.0. The zero-order valence-corrected chi connectivity index (χ0v) is 34.4. The topological polar surface area (TPSA) is 0 Å². The van der Waals surface area contributed by atoms with Crippen molar-refractivity contribution in [2.75, 3.05) is 0 Å². The molecule has 0 saturated heterocycles. The maximum Gasteiger partial charge on any atom is -0.0348 e. The van der Waals surface area contributed by atoms with Gasteiger partial charge in [0.1, 0.15) is 0 Å². The molecule has 0 heteroatoms. The van der Waals surface area contributed by atoms with Gasteiger partial charge in [0.2, 0.25) is 0 Å². The number of hydrogen-bond acceptors (Lipinski definition) is 0. The van der Waals surface area contributed by atoms with Gasteiger partial charge in [0.25, 0.3) is 0 Å². The molecule has 0 atom stereocenters. The fourth-order valence-corrected chi connectivity index (χ4v) is 7.14. The Bertz CT molecular complexity index is 702. The fourth-order valence-electron chi connectivity index (χ4n) is 7.14. The normalized spacial score (nSPS) is 12.0. The van der Waals surface area contributed by atoms with Crippen molar-refractivity contribution in [2.24, 2.45) is 0 Å². The summed E-state index contributed by atoms with van der Waals surface area (Å²) in [5.74, 6) is 0. The van der Waals surface area contributed by atoms with Gasteiger partial charge in [0.15, 0.2) is 0 Å². The monoisotopic (exact) mass is 681 g/mol. The highest BCUT2D eigenvalue weighted by Crippen LogP contribution is 2.17.